The molecule has 4 aliphatic heterocycles. The number of nitrogens with zero attached hydrogens (tertiary/aromatic N) is 10. The molecule has 0 spiro atoms. The van der Waals surface area contributed by atoms with Gasteiger partial charge in [-0.25, -0.2) is 0 Å². The van der Waals surface area contributed by atoms with Crippen LogP contribution in [0, 0.1) is 71.5 Å². The summed E-state index contributed by atoms with van der Waals surface area (Å²) in [6.07, 6.45) is 14.0. The molecule has 649 valence electrons. The van der Waals surface area contributed by atoms with Crippen molar-refractivity contribution < 1.29 is 134 Å². The maximum Gasteiger partial charge on any atom is 2.00 e. The smallest absolute Gasteiger partial charge is 0.872 e. The number of nitro groups is 4. The summed E-state index contributed by atoms with van der Waals surface area (Å²) in [6, 6.07) is 13.3. The zero-order valence-electron chi connectivity index (χ0n) is 71.5. The molecule has 8 rings (SSSR count). The molecule has 0 saturated carbocycles. The molecule has 0 bridgehead atoms. The van der Waals surface area contributed by atoms with Crippen molar-refractivity contribution in [3.8, 4) is 23.0 Å². The molecule has 4 heterocycles. The SMILES string of the molecule is CC(C)(C)C(=O)[O-].CC(C)(C)C(=O)[O-].CC(C)=O.CC1(C)N=C(c2cc([N+](=O)[O-])ccc2[O-])[N+](=O)C1(C)C.CC1(C)N=C(c2cc([N+](=O)[O-])ccc2[O-])[N+](=O)C1(C)C.CC1(C)NC(c2cc([N+](=O)[O-])ccc2[O-])=[N+]([O-])C1(C)C.CC1(C)NC(c2cc([N+](=O)[O-])ccc2[O-])=[N+]([O-])C1(C)C.CCCCCCC.CCCCCCC.[Co+2].[Co].[Co]. The summed E-state index contributed by atoms with van der Waals surface area (Å²) < 4.78 is 2.75. The number of carbonyl (C=O) groups excluding carboxylic acids is 3. The largest absolute Gasteiger partial charge is 2.00 e. The number of nitroso groups, excluding NO2 is 2. The van der Waals surface area contributed by atoms with Crippen molar-refractivity contribution in [2.75, 3.05) is 0 Å². The van der Waals surface area contributed by atoms with Crippen LogP contribution in [0.1, 0.15) is 280 Å². The number of nitro benzene ring substituents is 4. The average molecular weight is 1750 g/mol. The van der Waals surface area contributed by atoms with Crippen LogP contribution in [0.5, 0.6) is 23.0 Å². The number of Topliss-reactive ketones (excluding diaryl/α,β-unsaturated/α-hetero) is 1. The fourth-order valence-electron chi connectivity index (χ4n) is 9.28. The summed E-state index contributed by atoms with van der Waals surface area (Å²) in [6.45, 7) is 50.0. The van der Waals surface area contributed by atoms with E-state index in [9.17, 15) is 106 Å². The third kappa shape index (κ3) is 30.5. The molecule has 2 N–H and O–H groups in total. The third-order valence-electron chi connectivity index (χ3n) is 19.8. The minimum atomic E-state index is -1.01. The standard InChI is InChI=1S/2C13H17N3O4.2C13H15N3O4.2C7H16.2C5H10O2.C3H6O.3Co/c4*1-12(2)13(3,4)15(18)11(14-12)9-7-8(16(19)20)5-6-10(9)17;2*1-3-5-7-6-4-2;2*1-5(2,3)4(6)7;1-3(2)4;;;/h2*5-7,14,17H,1-4H3;2*5-7H,1-4H3;2*3-7H2,1-2H3;2*1-3H3,(H,6,7);1-2H3;;;/q;;;;;;;;;;;+2/p-4. The second kappa shape index (κ2) is 45.4. The Morgan fingerprint density at radius 2 is 0.591 bits per heavy atom. The monoisotopic (exact) mass is 1750 g/mol. The predicted molar refractivity (Wildman–Crippen MR) is 419 cm³/mol. The Kier molecular flexibility index (Phi) is 44.3. The maximum atomic E-state index is 12.4. The summed E-state index contributed by atoms with van der Waals surface area (Å²) in [5.74, 6) is -3.54. The summed E-state index contributed by atoms with van der Waals surface area (Å²) in [4.78, 5) is 103. The van der Waals surface area contributed by atoms with E-state index in [-0.39, 0.29) is 124 Å². The molecule has 0 aliphatic carbocycles. The predicted octanol–water partition coefficient (Wildman–Crippen LogP) is 11.8. The van der Waals surface area contributed by atoms with Crippen LogP contribution in [-0.2, 0) is 64.7 Å². The molecule has 0 amide bonds. The second-order valence-corrected chi connectivity index (χ2v) is 33.5. The van der Waals surface area contributed by atoms with E-state index in [0.29, 0.717) is 19.0 Å². The van der Waals surface area contributed by atoms with Gasteiger partial charge in [-0.3, -0.25) is 60.6 Å². The van der Waals surface area contributed by atoms with Crippen molar-refractivity contribution in [1.82, 2.24) is 10.6 Å². The van der Waals surface area contributed by atoms with E-state index in [1.54, 1.807) is 125 Å². The Labute approximate surface area is 706 Å². The molecule has 36 heteroatoms. The van der Waals surface area contributed by atoms with E-state index >= 15 is 0 Å². The van der Waals surface area contributed by atoms with E-state index in [4.69, 9.17) is 0 Å². The number of benzene rings is 4. The van der Waals surface area contributed by atoms with E-state index in [1.807, 2.05) is 27.7 Å². The van der Waals surface area contributed by atoms with Gasteiger partial charge in [0.05, 0.1) is 41.9 Å². The molecule has 115 heavy (non-hydrogen) atoms. The average Bonchev–Trinajstić information content (AvgIpc) is 1.62. The fraction of sp³-hybridized carbons (Fsp3) is 0.608. The van der Waals surface area contributed by atoms with Crippen LogP contribution in [-0.4, -0.2) is 124 Å². The number of carbonyl (C=O) groups is 3. The van der Waals surface area contributed by atoms with Gasteiger partial charge in [0.25, 0.3) is 34.4 Å². The van der Waals surface area contributed by atoms with Crippen LogP contribution in [0.3, 0.4) is 0 Å². The Bertz CT molecular complexity index is 3800. The Balaban J connectivity index is -0.000000629. The van der Waals surface area contributed by atoms with Crippen molar-refractivity contribution in [1.29, 1.82) is 0 Å². The van der Waals surface area contributed by atoms with E-state index in [2.05, 4.69) is 48.3 Å². The van der Waals surface area contributed by atoms with Crippen molar-refractivity contribution in [2.45, 2.75) is 302 Å². The number of carboxylic acids is 2. The molecule has 3 radical (unpaired) electrons. The molecular formula is C79H118Co3N12O21-2. The number of non-ortho nitro benzene ring substituents is 4. The second-order valence-electron chi connectivity index (χ2n) is 33.5. The first-order valence-corrected chi connectivity index (χ1v) is 36.9. The van der Waals surface area contributed by atoms with Gasteiger partial charge < -0.3 is 55.4 Å². The first kappa shape index (κ1) is 112. The number of aliphatic carboxylic acids is 2. The van der Waals surface area contributed by atoms with Gasteiger partial charge in [0.15, 0.2) is 22.2 Å². The Morgan fingerprint density at radius 3 is 0.739 bits per heavy atom. The van der Waals surface area contributed by atoms with Gasteiger partial charge in [-0.15, -0.1) is 0 Å². The topological polar surface area (TPSA) is 503 Å². The summed E-state index contributed by atoms with van der Waals surface area (Å²) in [5.41, 5.74) is -8.07. The van der Waals surface area contributed by atoms with Crippen molar-refractivity contribution >= 4 is 63.8 Å². The number of nitrogens with one attached hydrogen (secondary N) is 2. The summed E-state index contributed by atoms with van der Waals surface area (Å²) in [7, 11) is 0. The van der Waals surface area contributed by atoms with Crippen LogP contribution >= 0.6 is 0 Å². The van der Waals surface area contributed by atoms with Gasteiger partial charge in [0.1, 0.15) is 27.9 Å². The first-order chi connectivity index (χ1) is 50.8. The van der Waals surface area contributed by atoms with Crippen molar-refractivity contribution in [2.24, 2.45) is 20.8 Å². The molecule has 0 aromatic heterocycles. The summed E-state index contributed by atoms with van der Waals surface area (Å²) in [5, 5.41) is 141. The number of ketones is 1. The number of carboxylic acid groups (broad SMARTS) is 2. The van der Waals surface area contributed by atoms with Crippen molar-refractivity contribution in [3.05, 3.63) is 156 Å². The van der Waals surface area contributed by atoms with Gasteiger partial charge in [-0.1, -0.05) is 201 Å². The fourth-order valence-corrected chi connectivity index (χ4v) is 9.28. The van der Waals surface area contributed by atoms with Gasteiger partial charge in [0, 0.05) is 105 Å². The first-order valence-electron chi connectivity index (χ1n) is 36.9. The van der Waals surface area contributed by atoms with Crippen LogP contribution in [0.15, 0.2) is 82.8 Å². The number of hydroxylamine groups is 2. The number of amidine groups is 4. The van der Waals surface area contributed by atoms with Crippen LogP contribution in [0.4, 0.5) is 22.7 Å². The van der Waals surface area contributed by atoms with Crippen LogP contribution in [0.2, 0.25) is 0 Å². The number of hydrogen-bond acceptors (Lipinski definition) is 25. The van der Waals surface area contributed by atoms with Gasteiger partial charge in [0.2, 0.25) is 0 Å². The van der Waals surface area contributed by atoms with E-state index in [1.165, 1.54) is 78.1 Å². The van der Waals surface area contributed by atoms with E-state index in [0.717, 1.165) is 72.8 Å². The number of unbranched alkanes of at least 4 members (excludes halogenated alkanes) is 8. The van der Waals surface area contributed by atoms with Gasteiger partial charge in [-0.2, -0.15) is 0 Å². The third-order valence-corrected chi connectivity index (χ3v) is 19.8. The maximum absolute atomic E-state index is 12.4. The number of rotatable bonds is 16. The molecule has 0 atom stereocenters. The Hall–Kier alpha value is -9.11. The molecule has 0 fully saturated rings. The molecule has 4 aromatic carbocycles. The molecule has 4 aromatic rings. The Morgan fingerprint density at radius 1 is 0.400 bits per heavy atom. The minimum Gasteiger partial charge on any atom is -0.872 e. The molecule has 33 nitrogen and oxygen atoms in total. The van der Waals surface area contributed by atoms with Crippen LogP contribution < -0.4 is 41.3 Å². The molecular weight excluding hydrogens is 1630 g/mol. The molecule has 4 aliphatic rings. The van der Waals surface area contributed by atoms with Gasteiger partial charge in [-0.05, 0) is 134 Å². The van der Waals surface area contributed by atoms with E-state index < -0.39 is 110 Å². The quantitative estimate of drug-likeness (QED) is 0.0346. The number of hydrogen-bond donors (Lipinski definition) is 2. The molecule has 0 unspecified atom stereocenters. The molecule has 0 saturated heterocycles. The van der Waals surface area contributed by atoms with Crippen molar-refractivity contribution in [3.63, 3.8) is 0 Å². The summed E-state index contributed by atoms with van der Waals surface area (Å²) >= 11 is 0. The minimum absolute atomic E-state index is 0. The normalized spacial score (nSPS) is 16.5. The van der Waals surface area contributed by atoms with Crippen LogP contribution in [0.25, 0.3) is 0 Å². The number of aliphatic imine (C=N–C) groups is 2. The van der Waals surface area contributed by atoms with Gasteiger partial charge >= 0.3 is 28.5 Å². The zero-order chi connectivity index (χ0) is 88.0. The zero-order valence-corrected chi connectivity index (χ0v) is 74.7.